The first-order chi connectivity index (χ1) is 14.6. The van der Waals surface area contributed by atoms with Gasteiger partial charge in [-0.3, -0.25) is 4.79 Å². The van der Waals surface area contributed by atoms with Crippen LogP contribution in [0.15, 0.2) is 60.0 Å². The van der Waals surface area contributed by atoms with E-state index >= 15 is 0 Å². The first kappa shape index (κ1) is 19.7. The van der Waals surface area contributed by atoms with Crippen molar-refractivity contribution in [1.82, 2.24) is 14.8 Å². The van der Waals surface area contributed by atoms with E-state index in [0.717, 1.165) is 17.0 Å². The Balaban J connectivity index is 1.63. The molecule has 0 fully saturated rings. The third-order valence-corrected chi connectivity index (χ3v) is 5.29. The predicted octanol–water partition coefficient (Wildman–Crippen LogP) is 4.57. The Morgan fingerprint density at radius 1 is 1.07 bits per heavy atom. The number of carbonyl (C=O) groups excluding carboxylic acids is 1. The lowest BCUT2D eigenvalue weighted by Gasteiger charge is -2.11. The lowest BCUT2D eigenvalue weighted by molar-refractivity contribution is 0.102. The maximum absolute atomic E-state index is 12.9. The maximum atomic E-state index is 12.9. The minimum Gasteiger partial charge on any atom is -0.497 e. The van der Waals surface area contributed by atoms with Gasteiger partial charge in [-0.25, -0.2) is 4.98 Å². The molecule has 0 radical (unpaired) electrons. The molecule has 4 rings (SSSR count). The maximum Gasteiger partial charge on any atom is 0.260 e. The van der Waals surface area contributed by atoms with Crippen LogP contribution in [0.4, 0.5) is 5.82 Å². The van der Waals surface area contributed by atoms with Crippen molar-refractivity contribution in [2.75, 3.05) is 19.5 Å². The zero-order chi connectivity index (χ0) is 21.1. The number of methoxy groups -OCH3 is 2. The summed E-state index contributed by atoms with van der Waals surface area (Å²) in [5, 5.41) is 10.1. The Labute approximate surface area is 177 Å². The minimum atomic E-state index is -0.310. The summed E-state index contributed by atoms with van der Waals surface area (Å²) in [4.78, 5) is 17.6. The second-order valence-electron chi connectivity index (χ2n) is 6.48. The molecule has 2 aromatic carbocycles. The molecule has 1 amide bonds. The topological polar surface area (TPSA) is 78.3 Å². The fourth-order valence-electron chi connectivity index (χ4n) is 3.01. The molecule has 1 N–H and O–H groups in total. The van der Waals surface area contributed by atoms with Crippen LogP contribution in [0, 0.1) is 6.92 Å². The fraction of sp³-hybridized carbons (Fsp3) is 0.136. The monoisotopic (exact) mass is 420 g/mol. The highest BCUT2D eigenvalue weighted by Gasteiger charge is 2.18. The fourth-order valence-corrected chi connectivity index (χ4v) is 3.80. The average molecular weight is 420 g/mol. The molecule has 0 unspecified atom stereocenters. The standard InChI is InChI=1S/C22H20N4O3S/c1-14-11-20(24-21(27)17-10-9-16(28-2)12-19(17)29-3)26(25-14)22-23-18(13-30-22)15-7-5-4-6-8-15/h4-13H,1-3H3,(H,24,27). The van der Waals surface area contributed by atoms with Gasteiger partial charge in [0, 0.05) is 23.1 Å². The number of thiazole rings is 1. The first-order valence-corrected chi connectivity index (χ1v) is 10.1. The van der Waals surface area contributed by atoms with Crippen molar-refractivity contribution in [2.45, 2.75) is 6.92 Å². The van der Waals surface area contributed by atoms with Gasteiger partial charge in [0.05, 0.1) is 31.2 Å². The Hall–Kier alpha value is -3.65. The van der Waals surface area contributed by atoms with Gasteiger partial charge >= 0.3 is 0 Å². The quantitative estimate of drug-likeness (QED) is 0.494. The lowest BCUT2D eigenvalue weighted by Crippen LogP contribution is -2.16. The molecule has 0 aliphatic rings. The van der Waals surface area contributed by atoms with Gasteiger partial charge in [0.1, 0.15) is 17.3 Å². The number of nitrogens with one attached hydrogen (secondary N) is 1. The van der Waals surface area contributed by atoms with Crippen molar-refractivity contribution in [1.29, 1.82) is 0 Å². The average Bonchev–Trinajstić information content (AvgIpc) is 3.40. The van der Waals surface area contributed by atoms with E-state index < -0.39 is 0 Å². The van der Waals surface area contributed by atoms with Crippen molar-refractivity contribution in [3.8, 4) is 27.9 Å². The molecule has 2 aromatic heterocycles. The van der Waals surface area contributed by atoms with Gasteiger partial charge in [-0.2, -0.15) is 9.78 Å². The van der Waals surface area contributed by atoms with Crippen LogP contribution in [-0.2, 0) is 0 Å². The normalized spacial score (nSPS) is 10.6. The van der Waals surface area contributed by atoms with E-state index in [1.807, 2.05) is 42.6 Å². The van der Waals surface area contributed by atoms with Crippen LogP contribution in [0.3, 0.4) is 0 Å². The Morgan fingerprint density at radius 3 is 2.60 bits per heavy atom. The third kappa shape index (κ3) is 3.90. The highest BCUT2D eigenvalue weighted by Crippen LogP contribution is 2.28. The van der Waals surface area contributed by atoms with Gasteiger partial charge in [0.25, 0.3) is 5.91 Å². The summed E-state index contributed by atoms with van der Waals surface area (Å²) in [5.74, 6) is 1.26. The summed E-state index contributed by atoms with van der Waals surface area (Å²) in [6.07, 6.45) is 0. The number of anilines is 1. The Bertz CT molecular complexity index is 1180. The molecule has 0 aliphatic carbocycles. The number of aryl methyl sites for hydroxylation is 1. The number of ether oxygens (including phenoxy) is 2. The molecule has 0 saturated heterocycles. The minimum absolute atomic E-state index is 0.310. The van der Waals surface area contributed by atoms with Crippen LogP contribution in [-0.4, -0.2) is 34.9 Å². The molecule has 8 heteroatoms. The van der Waals surface area contributed by atoms with Crippen molar-refractivity contribution in [3.05, 3.63) is 71.2 Å². The van der Waals surface area contributed by atoms with Crippen molar-refractivity contribution >= 4 is 23.1 Å². The second kappa shape index (κ2) is 8.38. The van der Waals surface area contributed by atoms with Crippen LogP contribution < -0.4 is 14.8 Å². The van der Waals surface area contributed by atoms with Crippen LogP contribution in [0.5, 0.6) is 11.5 Å². The smallest absolute Gasteiger partial charge is 0.260 e. The van der Waals surface area contributed by atoms with Gasteiger partial charge in [-0.15, -0.1) is 11.3 Å². The zero-order valence-electron chi connectivity index (χ0n) is 16.7. The number of nitrogens with zero attached hydrogens (tertiary/aromatic N) is 3. The molecule has 7 nitrogen and oxygen atoms in total. The molecule has 0 spiro atoms. The molecule has 0 saturated carbocycles. The summed E-state index contributed by atoms with van der Waals surface area (Å²) in [5.41, 5.74) is 3.05. The van der Waals surface area contributed by atoms with Crippen molar-refractivity contribution < 1.29 is 14.3 Å². The molecule has 152 valence electrons. The summed E-state index contributed by atoms with van der Waals surface area (Å²) in [7, 11) is 3.08. The van der Waals surface area contributed by atoms with E-state index in [1.54, 1.807) is 36.1 Å². The Kier molecular flexibility index (Phi) is 5.49. The van der Waals surface area contributed by atoms with E-state index in [2.05, 4.69) is 15.4 Å². The SMILES string of the molecule is COc1ccc(C(=O)Nc2cc(C)nn2-c2nc(-c3ccccc3)cs2)c(OC)c1. The number of hydrogen-bond donors (Lipinski definition) is 1. The molecular formula is C22H20N4O3S. The highest BCUT2D eigenvalue weighted by molar-refractivity contribution is 7.12. The van der Waals surface area contributed by atoms with Crippen LogP contribution in [0.1, 0.15) is 16.1 Å². The van der Waals surface area contributed by atoms with Gasteiger partial charge in [-0.05, 0) is 19.1 Å². The van der Waals surface area contributed by atoms with E-state index in [0.29, 0.717) is 28.0 Å². The summed E-state index contributed by atoms with van der Waals surface area (Å²) >= 11 is 1.46. The number of rotatable bonds is 6. The van der Waals surface area contributed by atoms with Crippen LogP contribution in [0.25, 0.3) is 16.4 Å². The number of benzene rings is 2. The number of aromatic nitrogens is 3. The summed E-state index contributed by atoms with van der Waals surface area (Å²) in [6, 6.07) is 16.8. The lowest BCUT2D eigenvalue weighted by atomic mass is 10.1. The molecule has 0 bridgehead atoms. The number of amides is 1. The van der Waals surface area contributed by atoms with E-state index in [1.165, 1.54) is 18.4 Å². The van der Waals surface area contributed by atoms with E-state index in [9.17, 15) is 4.79 Å². The van der Waals surface area contributed by atoms with E-state index in [4.69, 9.17) is 9.47 Å². The zero-order valence-corrected chi connectivity index (χ0v) is 17.6. The highest BCUT2D eigenvalue weighted by atomic mass is 32.1. The molecule has 2 heterocycles. The molecule has 0 atom stereocenters. The Morgan fingerprint density at radius 2 is 1.87 bits per heavy atom. The van der Waals surface area contributed by atoms with E-state index in [-0.39, 0.29) is 5.91 Å². The van der Waals surface area contributed by atoms with Gasteiger partial charge < -0.3 is 14.8 Å². The third-order valence-electron chi connectivity index (χ3n) is 4.47. The number of hydrogen-bond acceptors (Lipinski definition) is 6. The van der Waals surface area contributed by atoms with Crippen molar-refractivity contribution in [2.24, 2.45) is 0 Å². The molecule has 0 aliphatic heterocycles. The largest absolute Gasteiger partial charge is 0.497 e. The van der Waals surface area contributed by atoms with Crippen molar-refractivity contribution in [3.63, 3.8) is 0 Å². The van der Waals surface area contributed by atoms with Crippen LogP contribution >= 0.6 is 11.3 Å². The molecule has 4 aromatic rings. The van der Waals surface area contributed by atoms with Crippen LogP contribution in [0.2, 0.25) is 0 Å². The molecule has 30 heavy (non-hydrogen) atoms. The van der Waals surface area contributed by atoms with Gasteiger partial charge in [0.2, 0.25) is 5.13 Å². The summed E-state index contributed by atoms with van der Waals surface area (Å²) < 4.78 is 12.2. The second-order valence-corrected chi connectivity index (χ2v) is 7.32. The van der Waals surface area contributed by atoms with Gasteiger partial charge in [0.15, 0.2) is 0 Å². The summed E-state index contributed by atoms with van der Waals surface area (Å²) in [6.45, 7) is 1.87. The van der Waals surface area contributed by atoms with Gasteiger partial charge in [-0.1, -0.05) is 30.3 Å². The first-order valence-electron chi connectivity index (χ1n) is 9.20. The number of carbonyl (C=O) groups is 1. The predicted molar refractivity (Wildman–Crippen MR) is 117 cm³/mol. The molecular weight excluding hydrogens is 400 g/mol.